The summed E-state index contributed by atoms with van der Waals surface area (Å²) in [6.45, 7) is 7.22. The van der Waals surface area contributed by atoms with Gasteiger partial charge in [-0.1, -0.05) is 12.8 Å². The lowest BCUT2D eigenvalue weighted by molar-refractivity contribution is -0.124. The molecule has 2 rings (SSSR count). The fourth-order valence-corrected chi connectivity index (χ4v) is 3.99. The maximum Gasteiger partial charge on any atom is 0.234 e. The maximum atomic E-state index is 12.3. The molecule has 1 aliphatic carbocycles. The normalized spacial score (nSPS) is 22.3. The van der Waals surface area contributed by atoms with E-state index in [4.69, 9.17) is 0 Å². The van der Waals surface area contributed by atoms with Gasteiger partial charge in [-0.3, -0.25) is 9.69 Å². The number of carbonyl (C=O) groups is 1. The van der Waals surface area contributed by atoms with E-state index in [0.717, 1.165) is 25.7 Å². The van der Waals surface area contributed by atoms with E-state index in [-0.39, 0.29) is 24.1 Å². The third-order valence-corrected chi connectivity index (χ3v) is 5.55. The lowest BCUT2D eigenvalue weighted by Gasteiger charge is -2.39. The number of carbonyl (C=O) groups excluding carboxylic acids is 1. The van der Waals surface area contributed by atoms with E-state index in [0.29, 0.717) is 13.1 Å². The first kappa shape index (κ1) is 17.4. The number of thiophene rings is 1. The van der Waals surface area contributed by atoms with Crippen molar-refractivity contribution in [3.63, 3.8) is 0 Å². The summed E-state index contributed by atoms with van der Waals surface area (Å²) in [7, 11) is 0. The summed E-state index contributed by atoms with van der Waals surface area (Å²) in [4.78, 5) is 15.6. The zero-order chi connectivity index (χ0) is 16.1. The van der Waals surface area contributed by atoms with Gasteiger partial charge in [0, 0.05) is 17.0 Å². The molecule has 0 aromatic carbocycles. The Morgan fingerprint density at radius 1 is 1.45 bits per heavy atom. The van der Waals surface area contributed by atoms with Crippen molar-refractivity contribution in [3.05, 3.63) is 21.9 Å². The first-order valence-electron chi connectivity index (χ1n) is 8.22. The molecule has 1 aromatic rings. The van der Waals surface area contributed by atoms with Crippen molar-refractivity contribution in [2.75, 3.05) is 6.54 Å². The van der Waals surface area contributed by atoms with Gasteiger partial charge in [0.25, 0.3) is 0 Å². The molecule has 0 unspecified atom stereocenters. The van der Waals surface area contributed by atoms with Gasteiger partial charge in [0.15, 0.2) is 0 Å². The van der Waals surface area contributed by atoms with E-state index < -0.39 is 0 Å². The maximum absolute atomic E-state index is 12.3. The van der Waals surface area contributed by atoms with Crippen LogP contribution in [0.5, 0.6) is 0 Å². The fourth-order valence-electron chi connectivity index (χ4n) is 3.15. The largest absolute Gasteiger partial charge is 0.391 e. The van der Waals surface area contributed by atoms with E-state index in [1.165, 1.54) is 10.4 Å². The van der Waals surface area contributed by atoms with Crippen molar-refractivity contribution in [1.29, 1.82) is 0 Å². The lowest BCUT2D eigenvalue weighted by Crippen LogP contribution is -2.52. The van der Waals surface area contributed by atoms with Gasteiger partial charge in [0.1, 0.15) is 0 Å². The van der Waals surface area contributed by atoms with Gasteiger partial charge in [-0.2, -0.15) is 0 Å². The highest BCUT2D eigenvalue weighted by molar-refractivity contribution is 7.10. The lowest BCUT2D eigenvalue weighted by atomic mass is 9.90. The quantitative estimate of drug-likeness (QED) is 0.846. The smallest absolute Gasteiger partial charge is 0.234 e. The van der Waals surface area contributed by atoms with Gasteiger partial charge in [0.05, 0.1) is 19.2 Å². The topological polar surface area (TPSA) is 52.6 Å². The highest BCUT2D eigenvalue weighted by atomic mass is 32.1. The average molecular weight is 324 g/mol. The number of nitrogens with one attached hydrogen (secondary N) is 1. The summed E-state index contributed by atoms with van der Waals surface area (Å²) in [6, 6.07) is 2.44. The summed E-state index contributed by atoms with van der Waals surface area (Å²) in [5.74, 6) is 0.0410. The minimum atomic E-state index is -0.302. The Bertz CT molecular complexity index is 487. The third-order valence-electron chi connectivity index (χ3n) is 4.52. The molecule has 0 aliphatic heterocycles. The van der Waals surface area contributed by atoms with Crippen molar-refractivity contribution in [3.8, 4) is 0 Å². The number of rotatable bonds is 6. The second-order valence-corrected chi connectivity index (χ2v) is 7.49. The second-order valence-electron chi connectivity index (χ2n) is 6.49. The zero-order valence-corrected chi connectivity index (χ0v) is 14.7. The highest BCUT2D eigenvalue weighted by Gasteiger charge is 2.31. The standard InChI is InChI=1S/C17H28N2O2S/c1-12(2)19(14-6-4-5-7-15(14)20)11-17(21)18-10-16-13(3)8-9-22-16/h8-9,12,14-15,20H,4-7,10-11H2,1-3H3,(H,18,21)/t14-,15-/m0/s1. The predicted molar refractivity (Wildman–Crippen MR) is 91.0 cm³/mol. The Balaban J connectivity index is 1.90. The molecule has 4 nitrogen and oxygen atoms in total. The van der Waals surface area contributed by atoms with E-state index in [1.54, 1.807) is 11.3 Å². The van der Waals surface area contributed by atoms with Crippen LogP contribution >= 0.6 is 11.3 Å². The highest BCUT2D eigenvalue weighted by Crippen LogP contribution is 2.24. The molecule has 2 atom stereocenters. The second kappa shape index (κ2) is 8.09. The van der Waals surface area contributed by atoms with Crippen LogP contribution in [-0.4, -0.2) is 40.6 Å². The van der Waals surface area contributed by atoms with Crippen LogP contribution in [0.4, 0.5) is 0 Å². The number of hydrogen-bond donors (Lipinski definition) is 2. The van der Waals surface area contributed by atoms with E-state index >= 15 is 0 Å². The summed E-state index contributed by atoms with van der Waals surface area (Å²) in [5, 5.41) is 15.3. The monoisotopic (exact) mass is 324 g/mol. The van der Waals surface area contributed by atoms with Crippen LogP contribution in [-0.2, 0) is 11.3 Å². The Hall–Kier alpha value is -0.910. The molecule has 1 fully saturated rings. The molecule has 2 N–H and O–H groups in total. The van der Waals surface area contributed by atoms with Crippen LogP contribution in [0.15, 0.2) is 11.4 Å². The molecule has 1 heterocycles. The van der Waals surface area contributed by atoms with Crippen LogP contribution in [0.3, 0.4) is 0 Å². The van der Waals surface area contributed by atoms with E-state index in [9.17, 15) is 9.90 Å². The van der Waals surface area contributed by atoms with Crippen molar-refractivity contribution in [1.82, 2.24) is 10.2 Å². The number of aryl methyl sites for hydroxylation is 1. The van der Waals surface area contributed by atoms with Gasteiger partial charge in [-0.15, -0.1) is 11.3 Å². The van der Waals surface area contributed by atoms with Crippen LogP contribution in [0, 0.1) is 6.92 Å². The number of aliphatic hydroxyl groups excluding tert-OH is 1. The first-order valence-corrected chi connectivity index (χ1v) is 9.10. The molecule has 22 heavy (non-hydrogen) atoms. The molecule has 5 heteroatoms. The SMILES string of the molecule is Cc1ccsc1CNC(=O)CN(C(C)C)[C@H]1CCCC[C@@H]1O. The van der Waals surface area contributed by atoms with Crippen molar-refractivity contribution in [2.45, 2.75) is 71.2 Å². The molecular formula is C17H28N2O2S. The molecule has 1 saturated carbocycles. The van der Waals surface area contributed by atoms with Crippen LogP contribution in [0.1, 0.15) is 50.0 Å². The molecule has 0 bridgehead atoms. The molecular weight excluding hydrogens is 296 g/mol. The molecule has 0 radical (unpaired) electrons. The van der Waals surface area contributed by atoms with Crippen LogP contribution in [0.25, 0.3) is 0 Å². The Morgan fingerprint density at radius 2 is 2.18 bits per heavy atom. The van der Waals surface area contributed by atoms with Crippen LogP contribution in [0.2, 0.25) is 0 Å². The van der Waals surface area contributed by atoms with Gasteiger partial charge < -0.3 is 10.4 Å². The molecule has 0 spiro atoms. The van der Waals surface area contributed by atoms with Crippen molar-refractivity contribution < 1.29 is 9.90 Å². The number of amides is 1. The summed E-state index contributed by atoms with van der Waals surface area (Å²) in [5.41, 5.74) is 1.23. The van der Waals surface area contributed by atoms with E-state index in [1.807, 2.05) is 0 Å². The zero-order valence-electron chi connectivity index (χ0n) is 13.8. The number of hydrogen-bond acceptors (Lipinski definition) is 4. The van der Waals surface area contributed by atoms with Crippen molar-refractivity contribution >= 4 is 17.2 Å². The Kier molecular flexibility index (Phi) is 6.41. The number of aliphatic hydroxyl groups is 1. The summed E-state index contributed by atoms with van der Waals surface area (Å²) < 4.78 is 0. The fraction of sp³-hybridized carbons (Fsp3) is 0.706. The molecule has 0 saturated heterocycles. The first-order chi connectivity index (χ1) is 10.5. The molecule has 1 aliphatic rings. The van der Waals surface area contributed by atoms with E-state index in [2.05, 4.69) is 42.4 Å². The minimum Gasteiger partial charge on any atom is -0.391 e. The third kappa shape index (κ3) is 4.54. The summed E-state index contributed by atoms with van der Waals surface area (Å²) >= 11 is 1.68. The predicted octanol–water partition coefficient (Wildman–Crippen LogP) is 2.69. The molecule has 1 aromatic heterocycles. The van der Waals surface area contributed by atoms with Gasteiger partial charge in [0.2, 0.25) is 5.91 Å². The van der Waals surface area contributed by atoms with Crippen LogP contribution < -0.4 is 5.32 Å². The van der Waals surface area contributed by atoms with Gasteiger partial charge in [-0.05, 0) is 50.6 Å². The Morgan fingerprint density at radius 3 is 2.77 bits per heavy atom. The minimum absolute atomic E-state index is 0.0410. The van der Waals surface area contributed by atoms with Gasteiger partial charge in [-0.25, -0.2) is 0 Å². The average Bonchev–Trinajstić information content (AvgIpc) is 2.88. The number of nitrogens with zero attached hydrogens (tertiary/aromatic N) is 1. The molecule has 1 amide bonds. The van der Waals surface area contributed by atoms with Gasteiger partial charge >= 0.3 is 0 Å². The van der Waals surface area contributed by atoms with Crippen molar-refractivity contribution in [2.24, 2.45) is 0 Å². The molecule has 124 valence electrons. The Labute approximate surface area is 137 Å². The summed E-state index contributed by atoms with van der Waals surface area (Å²) in [6.07, 6.45) is 3.76.